The van der Waals surface area contributed by atoms with Gasteiger partial charge in [0, 0.05) is 0 Å². The monoisotopic (exact) mass is 305 g/mol. The van der Waals surface area contributed by atoms with E-state index >= 15 is 0 Å². The summed E-state index contributed by atoms with van der Waals surface area (Å²) in [5.41, 5.74) is 7.98. The predicted molar refractivity (Wildman–Crippen MR) is 91.9 cm³/mol. The minimum atomic E-state index is -0.653. The first-order valence-electron chi connectivity index (χ1n) is 7.66. The molecule has 0 fully saturated rings. The molecule has 0 unspecified atom stereocenters. The number of hydrogen-bond donors (Lipinski definition) is 1. The van der Waals surface area contributed by atoms with Gasteiger partial charge in [0.15, 0.2) is 0 Å². The number of fused-ring (bicyclic) bond motifs is 1. The van der Waals surface area contributed by atoms with Gasteiger partial charge in [-0.2, -0.15) is 0 Å². The summed E-state index contributed by atoms with van der Waals surface area (Å²) in [6, 6.07) is 23.2. The number of nitrogens with two attached hydrogens (primary N) is 1. The van der Waals surface area contributed by atoms with Crippen molar-refractivity contribution < 1.29 is 9.53 Å². The van der Waals surface area contributed by atoms with Gasteiger partial charge in [-0.3, -0.25) is 4.79 Å². The van der Waals surface area contributed by atoms with E-state index in [4.69, 9.17) is 10.5 Å². The van der Waals surface area contributed by atoms with E-state index in [9.17, 15) is 4.79 Å². The molecule has 3 nitrogen and oxygen atoms in total. The second-order valence-electron chi connectivity index (χ2n) is 5.59. The van der Waals surface area contributed by atoms with E-state index in [0.717, 1.165) is 16.5 Å². The Labute approximate surface area is 135 Å². The zero-order valence-corrected chi connectivity index (χ0v) is 12.8. The van der Waals surface area contributed by atoms with E-state index in [-0.39, 0.29) is 12.6 Å². The van der Waals surface area contributed by atoms with Crippen molar-refractivity contribution in [3.8, 4) is 0 Å². The Morgan fingerprint density at radius 3 is 2.35 bits per heavy atom. The molecule has 116 valence electrons. The molecule has 0 radical (unpaired) electrons. The Morgan fingerprint density at radius 2 is 1.57 bits per heavy atom. The van der Waals surface area contributed by atoms with Crippen LogP contribution >= 0.6 is 0 Å². The molecule has 0 aliphatic rings. The molecular formula is C20H19NO2. The van der Waals surface area contributed by atoms with Gasteiger partial charge in [-0.1, -0.05) is 72.8 Å². The maximum Gasteiger partial charge on any atom is 0.323 e. The number of carbonyl (C=O) groups is 1. The van der Waals surface area contributed by atoms with Gasteiger partial charge in [-0.05, 0) is 28.3 Å². The summed E-state index contributed by atoms with van der Waals surface area (Å²) in [6.45, 7) is 0.255. The third-order valence-corrected chi connectivity index (χ3v) is 3.80. The van der Waals surface area contributed by atoms with Crippen LogP contribution in [0.3, 0.4) is 0 Å². The second kappa shape index (κ2) is 7.07. The van der Waals surface area contributed by atoms with E-state index in [1.807, 2.05) is 54.6 Å². The highest BCUT2D eigenvalue weighted by atomic mass is 16.5. The number of benzene rings is 3. The van der Waals surface area contributed by atoms with Crippen molar-refractivity contribution in [3.63, 3.8) is 0 Å². The summed E-state index contributed by atoms with van der Waals surface area (Å²) in [6.07, 6.45) is 0.471. The van der Waals surface area contributed by atoms with E-state index in [2.05, 4.69) is 18.2 Å². The Bertz CT molecular complexity index is 799. The van der Waals surface area contributed by atoms with Crippen molar-refractivity contribution in [2.45, 2.75) is 19.1 Å². The van der Waals surface area contributed by atoms with Crippen LogP contribution in [0.25, 0.3) is 10.8 Å². The summed E-state index contributed by atoms with van der Waals surface area (Å²) in [4.78, 5) is 12.0. The van der Waals surface area contributed by atoms with Crippen LogP contribution in [0.5, 0.6) is 0 Å². The summed E-state index contributed by atoms with van der Waals surface area (Å²) in [5, 5.41) is 2.33. The van der Waals surface area contributed by atoms with E-state index in [0.29, 0.717) is 6.42 Å². The molecule has 0 aromatic heterocycles. The predicted octanol–water partition coefficient (Wildman–Crippen LogP) is 3.45. The topological polar surface area (TPSA) is 52.3 Å². The summed E-state index contributed by atoms with van der Waals surface area (Å²) in [7, 11) is 0. The van der Waals surface area contributed by atoms with Gasteiger partial charge in [-0.15, -0.1) is 0 Å². The van der Waals surface area contributed by atoms with Crippen LogP contribution in [0.4, 0.5) is 0 Å². The van der Waals surface area contributed by atoms with Gasteiger partial charge >= 0.3 is 5.97 Å². The van der Waals surface area contributed by atoms with Crippen LogP contribution in [0.1, 0.15) is 11.1 Å². The zero-order valence-electron chi connectivity index (χ0n) is 12.8. The first-order valence-corrected chi connectivity index (χ1v) is 7.66. The quantitative estimate of drug-likeness (QED) is 0.735. The van der Waals surface area contributed by atoms with Crippen LogP contribution in [0.2, 0.25) is 0 Å². The van der Waals surface area contributed by atoms with E-state index < -0.39 is 6.04 Å². The average molecular weight is 305 g/mol. The molecular weight excluding hydrogens is 286 g/mol. The summed E-state index contributed by atoms with van der Waals surface area (Å²) in [5.74, 6) is -0.373. The number of esters is 1. The SMILES string of the molecule is N[C@H](Cc1ccc2ccccc2c1)C(=O)OCc1ccccc1. The number of carbonyl (C=O) groups excluding carboxylic acids is 1. The standard InChI is InChI=1S/C20H19NO2/c21-19(20(22)23-14-15-6-2-1-3-7-15)13-16-10-11-17-8-4-5-9-18(17)12-16/h1-12,19H,13-14,21H2/t19-/m1/s1. The van der Waals surface area contributed by atoms with Gasteiger partial charge in [0.1, 0.15) is 12.6 Å². The number of rotatable bonds is 5. The fourth-order valence-electron chi connectivity index (χ4n) is 2.54. The van der Waals surface area contributed by atoms with Crippen LogP contribution in [-0.4, -0.2) is 12.0 Å². The molecule has 0 amide bonds. The maximum absolute atomic E-state index is 12.0. The minimum absolute atomic E-state index is 0.255. The lowest BCUT2D eigenvalue weighted by atomic mass is 10.0. The van der Waals surface area contributed by atoms with Gasteiger partial charge in [0.2, 0.25) is 0 Å². The van der Waals surface area contributed by atoms with Gasteiger partial charge < -0.3 is 10.5 Å². The van der Waals surface area contributed by atoms with E-state index in [1.54, 1.807) is 0 Å². The van der Waals surface area contributed by atoms with Crippen LogP contribution < -0.4 is 5.73 Å². The summed E-state index contributed by atoms with van der Waals surface area (Å²) >= 11 is 0. The highest BCUT2D eigenvalue weighted by molar-refractivity contribution is 5.83. The van der Waals surface area contributed by atoms with Crippen molar-refractivity contribution in [1.82, 2.24) is 0 Å². The highest BCUT2D eigenvalue weighted by Gasteiger charge is 2.16. The molecule has 0 saturated heterocycles. The Kier molecular flexibility index (Phi) is 4.69. The van der Waals surface area contributed by atoms with Crippen molar-refractivity contribution in [2.24, 2.45) is 5.73 Å². The molecule has 0 spiro atoms. The normalized spacial score (nSPS) is 12.0. The molecule has 1 atom stereocenters. The molecule has 3 aromatic rings. The Balaban J connectivity index is 1.60. The molecule has 3 heteroatoms. The number of hydrogen-bond acceptors (Lipinski definition) is 3. The fraction of sp³-hybridized carbons (Fsp3) is 0.150. The van der Waals surface area contributed by atoms with Crippen LogP contribution in [0, 0.1) is 0 Å². The molecule has 0 bridgehead atoms. The molecule has 0 aliphatic heterocycles. The highest BCUT2D eigenvalue weighted by Crippen LogP contribution is 2.16. The third kappa shape index (κ3) is 3.96. The largest absolute Gasteiger partial charge is 0.460 e. The van der Waals surface area contributed by atoms with Gasteiger partial charge in [-0.25, -0.2) is 0 Å². The first-order chi connectivity index (χ1) is 11.2. The lowest BCUT2D eigenvalue weighted by molar-refractivity contribution is -0.146. The smallest absolute Gasteiger partial charge is 0.323 e. The van der Waals surface area contributed by atoms with Gasteiger partial charge in [0.25, 0.3) is 0 Å². The molecule has 0 saturated carbocycles. The van der Waals surface area contributed by atoms with Crippen molar-refractivity contribution in [1.29, 1.82) is 0 Å². The molecule has 3 rings (SSSR count). The van der Waals surface area contributed by atoms with Gasteiger partial charge in [0.05, 0.1) is 0 Å². The lowest BCUT2D eigenvalue weighted by Crippen LogP contribution is -2.34. The Hall–Kier alpha value is -2.65. The van der Waals surface area contributed by atoms with Crippen LogP contribution in [0.15, 0.2) is 72.8 Å². The van der Waals surface area contributed by atoms with E-state index in [1.165, 1.54) is 5.39 Å². The molecule has 0 heterocycles. The molecule has 3 aromatic carbocycles. The van der Waals surface area contributed by atoms with Crippen molar-refractivity contribution in [2.75, 3.05) is 0 Å². The fourth-order valence-corrected chi connectivity index (χ4v) is 2.54. The minimum Gasteiger partial charge on any atom is -0.460 e. The number of ether oxygens (including phenoxy) is 1. The average Bonchev–Trinajstić information content (AvgIpc) is 2.60. The van der Waals surface area contributed by atoms with Crippen LogP contribution in [-0.2, 0) is 22.6 Å². The van der Waals surface area contributed by atoms with Crippen molar-refractivity contribution >= 4 is 16.7 Å². The summed E-state index contributed by atoms with van der Waals surface area (Å²) < 4.78 is 5.29. The zero-order chi connectivity index (χ0) is 16.1. The molecule has 2 N–H and O–H groups in total. The first kappa shape index (κ1) is 15.3. The molecule has 0 aliphatic carbocycles. The second-order valence-corrected chi connectivity index (χ2v) is 5.59. The molecule has 23 heavy (non-hydrogen) atoms. The van der Waals surface area contributed by atoms with Crippen molar-refractivity contribution in [3.05, 3.63) is 83.9 Å². The maximum atomic E-state index is 12.0. The third-order valence-electron chi connectivity index (χ3n) is 3.80. The Morgan fingerprint density at radius 1 is 0.870 bits per heavy atom. The lowest BCUT2D eigenvalue weighted by Gasteiger charge is -2.12.